The van der Waals surface area contributed by atoms with E-state index in [0.717, 1.165) is 56.7 Å². The summed E-state index contributed by atoms with van der Waals surface area (Å²) in [7, 11) is 0. The first-order valence-corrected chi connectivity index (χ1v) is 8.09. The van der Waals surface area contributed by atoms with E-state index >= 15 is 0 Å². The lowest BCUT2D eigenvalue weighted by Gasteiger charge is -2.41. The van der Waals surface area contributed by atoms with Crippen LogP contribution < -0.4 is 0 Å². The monoisotopic (exact) mass is 265 g/mol. The molecule has 0 aromatic heterocycles. The number of carboxylic acid groups (broad SMARTS) is 1. The number of hydrogen-bond acceptors (Lipinski definition) is 2. The van der Waals surface area contributed by atoms with Gasteiger partial charge in [-0.15, -0.1) is 0 Å². The van der Waals surface area contributed by atoms with Gasteiger partial charge < -0.3 is 10.0 Å². The molecule has 1 N–H and O–H groups in total. The maximum Gasteiger partial charge on any atom is 0.310 e. The van der Waals surface area contributed by atoms with Gasteiger partial charge in [0.05, 0.1) is 5.41 Å². The number of piperidine rings is 1. The Morgan fingerprint density at radius 2 is 2.21 bits per heavy atom. The number of rotatable bonds is 4. The van der Waals surface area contributed by atoms with Crippen LogP contribution in [0.25, 0.3) is 0 Å². The molecule has 2 bridgehead atoms. The van der Waals surface area contributed by atoms with Gasteiger partial charge in [0.1, 0.15) is 0 Å². The van der Waals surface area contributed by atoms with Crippen molar-refractivity contribution >= 4 is 5.97 Å². The van der Waals surface area contributed by atoms with Crippen LogP contribution in [-0.2, 0) is 4.79 Å². The van der Waals surface area contributed by atoms with Crippen LogP contribution in [0.1, 0.15) is 51.9 Å². The average molecular weight is 265 g/mol. The van der Waals surface area contributed by atoms with Crippen LogP contribution in [0.3, 0.4) is 0 Å². The number of fused-ring (bicyclic) bond motifs is 2. The molecule has 3 fully saturated rings. The Morgan fingerprint density at radius 1 is 1.37 bits per heavy atom. The van der Waals surface area contributed by atoms with E-state index < -0.39 is 11.4 Å². The molecule has 3 heteroatoms. The normalized spacial score (nSPS) is 42.7. The second-order valence-corrected chi connectivity index (χ2v) is 7.21. The summed E-state index contributed by atoms with van der Waals surface area (Å²) in [5.74, 6) is 2.23. The van der Waals surface area contributed by atoms with E-state index in [9.17, 15) is 9.90 Å². The molecule has 4 atom stereocenters. The van der Waals surface area contributed by atoms with Gasteiger partial charge in [0.25, 0.3) is 0 Å². The maximum absolute atomic E-state index is 11.6. The molecule has 2 aliphatic carbocycles. The summed E-state index contributed by atoms with van der Waals surface area (Å²) < 4.78 is 0. The highest BCUT2D eigenvalue weighted by Crippen LogP contribution is 2.49. The standard InChI is InChI=1S/C16H27NO2/c1-2-16(15(18)19)6-3-7-17(11-16)10-14-9-12-4-5-13(14)8-12/h12-14H,2-11H2,1H3,(H,18,19). The van der Waals surface area contributed by atoms with E-state index in [1.165, 1.54) is 25.7 Å². The summed E-state index contributed by atoms with van der Waals surface area (Å²) in [4.78, 5) is 14.1. The van der Waals surface area contributed by atoms with Gasteiger partial charge in [-0.05, 0) is 62.8 Å². The van der Waals surface area contributed by atoms with Crippen LogP contribution in [0.5, 0.6) is 0 Å². The van der Waals surface area contributed by atoms with Crippen molar-refractivity contribution in [2.45, 2.75) is 51.9 Å². The van der Waals surface area contributed by atoms with Crippen LogP contribution in [0, 0.1) is 23.2 Å². The van der Waals surface area contributed by atoms with Crippen molar-refractivity contribution in [2.24, 2.45) is 23.2 Å². The Bertz CT molecular complexity index is 357. The number of carboxylic acids is 1. The molecule has 0 radical (unpaired) electrons. The molecule has 0 amide bonds. The van der Waals surface area contributed by atoms with Crippen molar-refractivity contribution in [3.8, 4) is 0 Å². The summed E-state index contributed by atoms with van der Waals surface area (Å²) >= 11 is 0. The summed E-state index contributed by atoms with van der Waals surface area (Å²) in [6.45, 7) is 5.10. The molecule has 0 aromatic rings. The summed E-state index contributed by atoms with van der Waals surface area (Å²) in [5, 5.41) is 9.55. The Hall–Kier alpha value is -0.570. The quantitative estimate of drug-likeness (QED) is 0.849. The minimum atomic E-state index is -0.576. The summed E-state index contributed by atoms with van der Waals surface area (Å²) in [6, 6.07) is 0. The molecular weight excluding hydrogens is 238 g/mol. The zero-order valence-corrected chi connectivity index (χ0v) is 12.1. The first-order valence-electron chi connectivity index (χ1n) is 8.09. The number of nitrogens with zero attached hydrogens (tertiary/aromatic N) is 1. The van der Waals surface area contributed by atoms with E-state index in [4.69, 9.17) is 0 Å². The predicted molar refractivity (Wildman–Crippen MR) is 75.0 cm³/mol. The van der Waals surface area contributed by atoms with Gasteiger partial charge in [-0.3, -0.25) is 4.79 Å². The SMILES string of the molecule is CCC1(C(=O)O)CCCN(CC2CC3CCC2C3)C1. The van der Waals surface area contributed by atoms with Gasteiger partial charge in [0.2, 0.25) is 0 Å². The van der Waals surface area contributed by atoms with E-state index in [-0.39, 0.29) is 0 Å². The number of hydrogen-bond donors (Lipinski definition) is 1. The number of likely N-dealkylation sites (tertiary alicyclic amines) is 1. The number of aliphatic carboxylic acids is 1. The van der Waals surface area contributed by atoms with Crippen molar-refractivity contribution in [3.63, 3.8) is 0 Å². The van der Waals surface area contributed by atoms with Crippen molar-refractivity contribution in [3.05, 3.63) is 0 Å². The van der Waals surface area contributed by atoms with Crippen molar-refractivity contribution in [1.82, 2.24) is 4.90 Å². The van der Waals surface area contributed by atoms with Gasteiger partial charge in [0.15, 0.2) is 0 Å². The van der Waals surface area contributed by atoms with Crippen LogP contribution in [0.4, 0.5) is 0 Å². The molecule has 4 unspecified atom stereocenters. The molecule has 3 aliphatic rings. The molecule has 1 heterocycles. The van der Waals surface area contributed by atoms with Crippen LogP contribution >= 0.6 is 0 Å². The van der Waals surface area contributed by atoms with Crippen LogP contribution in [0.2, 0.25) is 0 Å². The largest absolute Gasteiger partial charge is 0.481 e. The zero-order valence-electron chi connectivity index (χ0n) is 12.1. The first kappa shape index (κ1) is 13.4. The lowest BCUT2D eigenvalue weighted by Crippen LogP contribution is -2.49. The van der Waals surface area contributed by atoms with E-state index in [0.29, 0.717) is 0 Å². The smallest absolute Gasteiger partial charge is 0.310 e. The summed E-state index contributed by atoms with van der Waals surface area (Å²) in [6.07, 6.45) is 8.45. The predicted octanol–water partition coefficient (Wildman–Crippen LogP) is 3.00. The van der Waals surface area contributed by atoms with Crippen LogP contribution in [-0.4, -0.2) is 35.6 Å². The number of carbonyl (C=O) groups is 1. The van der Waals surface area contributed by atoms with Crippen molar-refractivity contribution in [2.75, 3.05) is 19.6 Å². The molecule has 0 spiro atoms. The Morgan fingerprint density at radius 3 is 2.79 bits per heavy atom. The van der Waals surface area contributed by atoms with Gasteiger partial charge in [-0.1, -0.05) is 13.3 Å². The fourth-order valence-corrected chi connectivity index (χ4v) is 4.93. The van der Waals surface area contributed by atoms with Crippen molar-refractivity contribution < 1.29 is 9.90 Å². The van der Waals surface area contributed by atoms with E-state index in [1.54, 1.807) is 0 Å². The first-order chi connectivity index (χ1) is 9.13. The van der Waals surface area contributed by atoms with Gasteiger partial charge >= 0.3 is 5.97 Å². The second-order valence-electron chi connectivity index (χ2n) is 7.21. The Balaban J connectivity index is 1.61. The molecule has 0 aromatic carbocycles. The molecule has 1 aliphatic heterocycles. The third-order valence-corrected chi connectivity index (χ3v) is 6.16. The average Bonchev–Trinajstić information content (AvgIpc) is 3.01. The lowest BCUT2D eigenvalue weighted by atomic mass is 9.77. The Labute approximate surface area is 116 Å². The third kappa shape index (κ3) is 2.42. The second kappa shape index (κ2) is 5.08. The molecule has 2 saturated carbocycles. The fourth-order valence-electron chi connectivity index (χ4n) is 4.93. The topological polar surface area (TPSA) is 40.5 Å². The van der Waals surface area contributed by atoms with Crippen molar-refractivity contribution in [1.29, 1.82) is 0 Å². The molecule has 108 valence electrons. The molecule has 1 saturated heterocycles. The minimum Gasteiger partial charge on any atom is -0.481 e. The third-order valence-electron chi connectivity index (χ3n) is 6.16. The fraction of sp³-hybridized carbons (Fsp3) is 0.938. The highest BCUT2D eigenvalue weighted by atomic mass is 16.4. The summed E-state index contributed by atoms with van der Waals surface area (Å²) in [5.41, 5.74) is -0.462. The van der Waals surface area contributed by atoms with Gasteiger partial charge in [-0.2, -0.15) is 0 Å². The maximum atomic E-state index is 11.6. The highest BCUT2D eigenvalue weighted by molar-refractivity contribution is 5.75. The molecule has 3 nitrogen and oxygen atoms in total. The highest BCUT2D eigenvalue weighted by Gasteiger charge is 2.44. The van der Waals surface area contributed by atoms with E-state index in [1.807, 2.05) is 6.92 Å². The minimum absolute atomic E-state index is 0.462. The van der Waals surface area contributed by atoms with Gasteiger partial charge in [0, 0.05) is 13.1 Å². The zero-order chi connectivity index (χ0) is 13.5. The van der Waals surface area contributed by atoms with E-state index in [2.05, 4.69) is 4.90 Å². The Kier molecular flexibility index (Phi) is 3.59. The molecule has 3 rings (SSSR count). The van der Waals surface area contributed by atoms with Crippen LogP contribution in [0.15, 0.2) is 0 Å². The lowest BCUT2D eigenvalue weighted by molar-refractivity contribution is -0.153. The molecular formula is C16H27NO2. The molecule has 19 heavy (non-hydrogen) atoms. The van der Waals surface area contributed by atoms with Gasteiger partial charge in [-0.25, -0.2) is 0 Å².